The summed E-state index contributed by atoms with van der Waals surface area (Å²) in [5.74, 6) is 1.24. The summed E-state index contributed by atoms with van der Waals surface area (Å²) in [6, 6.07) is 18.7. The normalized spacial score (nSPS) is 15.4. The fraction of sp³-hybridized carbons (Fsp3) is 0.261. The molecule has 0 amide bonds. The standard InChI is InChI=1S/C23H24N6/c1-15-26-22-27-21(17-8-10-18(11-9-17)23(25)12-5-13-23)20(16-6-3-2-4-7-16)19(14-24)29(22)28-15/h2-4,6-11H,5,12-14,24-25H2,1H3. The molecule has 5 rings (SSSR count). The number of nitrogens with two attached hydrogens (primary N) is 2. The highest BCUT2D eigenvalue weighted by Crippen LogP contribution is 2.40. The van der Waals surface area contributed by atoms with Crippen LogP contribution in [0.25, 0.3) is 28.2 Å². The number of aryl methyl sites for hydroxylation is 1. The molecule has 29 heavy (non-hydrogen) atoms. The van der Waals surface area contributed by atoms with Gasteiger partial charge in [0.05, 0.1) is 11.4 Å². The molecule has 0 unspecified atom stereocenters. The molecule has 6 heteroatoms. The molecule has 0 radical (unpaired) electrons. The first-order chi connectivity index (χ1) is 14.1. The van der Waals surface area contributed by atoms with Crippen molar-refractivity contribution >= 4 is 5.78 Å². The Balaban J connectivity index is 1.74. The molecule has 1 aliphatic carbocycles. The molecule has 2 aromatic heterocycles. The van der Waals surface area contributed by atoms with Crippen LogP contribution in [0.5, 0.6) is 0 Å². The summed E-state index contributed by atoms with van der Waals surface area (Å²) in [5, 5.41) is 4.52. The predicted molar refractivity (Wildman–Crippen MR) is 114 cm³/mol. The van der Waals surface area contributed by atoms with Gasteiger partial charge in [-0.15, -0.1) is 5.10 Å². The average Bonchev–Trinajstić information content (AvgIpc) is 3.11. The van der Waals surface area contributed by atoms with E-state index in [0.717, 1.165) is 40.9 Å². The van der Waals surface area contributed by atoms with E-state index >= 15 is 0 Å². The summed E-state index contributed by atoms with van der Waals surface area (Å²) in [4.78, 5) is 9.37. The quantitative estimate of drug-likeness (QED) is 0.561. The topological polar surface area (TPSA) is 95.1 Å². The SMILES string of the molecule is Cc1nc2nc(-c3ccc(C4(N)CCC4)cc3)c(-c3ccccc3)c(CN)n2n1. The molecule has 4 aromatic rings. The summed E-state index contributed by atoms with van der Waals surface area (Å²) in [5.41, 5.74) is 18.5. The second-order valence-electron chi connectivity index (χ2n) is 7.81. The Morgan fingerprint density at radius 3 is 2.31 bits per heavy atom. The number of hydrogen-bond acceptors (Lipinski definition) is 5. The number of aromatic nitrogens is 4. The molecule has 146 valence electrons. The van der Waals surface area contributed by atoms with Crippen LogP contribution in [0.15, 0.2) is 54.6 Å². The lowest BCUT2D eigenvalue weighted by atomic mass is 9.72. The van der Waals surface area contributed by atoms with Crippen LogP contribution in [-0.2, 0) is 12.1 Å². The highest BCUT2D eigenvalue weighted by molar-refractivity contribution is 5.83. The van der Waals surface area contributed by atoms with Gasteiger partial charge in [-0.05, 0) is 37.3 Å². The van der Waals surface area contributed by atoms with E-state index in [1.54, 1.807) is 4.52 Å². The molecule has 1 aliphatic rings. The fourth-order valence-electron chi connectivity index (χ4n) is 4.17. The molecule has 0 atom stereocenters. The van der Waals surface area contributed by atoms with Gasteiger partial charge in [0.15, 0.2) is 0 Å². The molecule has 6 nitrogen and oxygen atoms in total. The first-order valence-corrected chi connectivity index (χ1v) is 10.0. The van der Waals surface area contributed by atoms with Gasteiger partial charge in [-0.25, -0.2) is 4.98 Å². The number of hydrogen-bond donors (Lipinski definition) is 2. The molecule has 2 aromatic carbocycles. The molecule has 1 fully saturated rings. The largest absolute Gasteiger partial charge is 0.325 e. The van der Waals surface area contributed by atoms with Crippen molar-refractivity contribution in [3.63, 3.8) is 0 Å². The van der Waals surface area contributed by atoms with E-state index in [4.69, 9.17) is 16.5 Å². The highest BCUT2D eigenvalue weighted by Gasteiger charge is 2.34. The third-order valence-corrected chi connectivity index (χ3v) is 5.92. The van der Waals surface area contributed by atoms with E-state index in [1.807, 2.05) is 25.1 Å². The third kappa shape index (κ3) is 2.92. The van der Waals surface area contributed by atoms with Crippen LogP contribution >= 0.6 is 0 Å². The van der Waals surface area contributed by atoms with Crippen LogP contribution in [0.1, 0.15) is 36.3 Å². The molecule has 0 spiro atoms. The second kappa shape index (κ2) is 6.76. The Bertz CT molecular complexity index is 1170. The van der Waals surface area contributed by atoms with Crippen molar-refractivity contribution in [3.05, 3.63) is 71.7 Å². The van der Waals surface area contributed by atoms with Crippen molar-refractivity contribution in [2.75, 3.05) is 0 Å². The van der Waals surface area contributed by atoms with Crippen molar-refractivity contribution in [2.45, 2.75) is 38.3 Å². The Labute approximate surface area is 169 Å². The first kappa shape index (κ1) is 18.0. The molecule has 4 N–H and O–H groups in total. The van der Waals surface area contributed by atoms with Gasteiger partial charge in [0.25, 0.3) is 5.78 Å². The first-order valence-electron chi connectivity index (χ1n) is 10.0. The van der Waals surface area contributed by atoms with Gasteiger partial charge >= 0.3 is 0 Å². The molecule has 1 saturated carbocycles. The number of rotatable bonds is 4. The van der Waals surface area contributed by atoms with Gasteiger partial charge < -0.3 is 11.5 Å². The Kier molecular flexibility index (Phi) is 4.19. The average molecular weight is 384 g/mol. The second-order valence-corrected chi connectivity index (χ2v) is 7.81. The van der Waals surface area contributed by atoms with E-state index in [-0.39, 0.29) is 5.54 Å². The minimum atomic E-state index is -0.176. The van der Waals surface area contributed by atoms with Gasteiger partial charge in [-0.2, -0.15) is 9.50 Å². The number of benzene rings is 2. The summed E-state index contributed by atoms with van der Waals surface area (Å²) in [7, 11) is 0. The fourth-order valence-corrected chi connectivity index (χ4v) is 4.17. The maximum atomic E-state index is 6.50. The van der Waals surface area contributed by atoms with E-state index in [0.29, 0.717) is 18.1 Å². The van der Waals surface area contributed by atoms with Crippen LogP contribution in [0, 0.1) is 6.92 Å². The minimum Gasteiger partial charge on any atom is -0.325 e. The molecule has 2 heterocycles. The van der Waals surface area contributed by atoms with Crippen LogP contribution in [0.4, 0.5) is 0 Å². The van der Waals surface area contributed by atoms with E-state index in [1.165, 1.54) is 12.0 Å². The van der Waals surface area contributed by atoms with Crippen LogP contribution in [0.2, 0.25) is 0 Å². The lowest BCUT2D eigenvalue weighted by Crippen LogP contribution is -2.43. The van der Waals surface area contributed by atoms with Crippen molar-refractivity contribution in [1.82, 2.24) is 19.6 Å². The molecule has 0 aliphatic heterocycles. The van der Waals surface area contributed by atoms with Crippen molar-refractivity contribution in [2.24, 2.45) is 11.5 Å². The zero-order valence-electron chi connectivity index (χ0n) is 16.5. The van der Waals surface area contributed by atoms with Gasteiger partial charge in [-0.1, -0.05) is 54.6 Å². The number of fused-ring (bicyclic) bond motifs is 1. The van der Waals surface area contributed by atoms with Crippen molar-refractivity contribution < 1.29 is 0 Å². The van der Waals surface area contributed by atoms with Crippen molar-refractivity contribution in [3.8, 4) is 22.4 Å². The highest BCUT2D eigenvalue weighted by atomic mass is 15.3. The number of nitrogens with zero attached hydrogens (tertiary/aromatic N) is 4. The lowest BCUT2D eigenvalue weighted by Gasteiger charge is -2.38. The summed E-state index contributed by atoms with van der Waals surface area (Å²) in [6.45, 7) is 2.20. The maximum Gasteiger partial charge on any atom is 0.253 e. The van der Waals surface area contributed by atoms with E-state index in [9.17, 15) is 0 Å². The van der Waals surface area contributed by atoms with E-state index in [2.05, 4.69) is 46.5 Å². The molecule has 0 bridgehead atoms. The van der Waals surface area contributed by atoms with Crippen LogP contribution in [-0.4, -0.2) is 19.6 Å². The monoisotopic (exact) mass is 384 g/mol. The zero-order chi connectivity index (χ0) is 20.0. The summed E-state index contributed by atoms with van der Waals surface area (Å²) >= 11 is 0. The molecule has 0 saturated heterocycles. The predicted octanol–water partition coefficient (Wildman–Crippen LogP) is 3.56. The smallest absolute Gasteiger partial charge is 0.253 e. The third-order valence-electron chi connectivity index (χ3n) is 5.92. The van der Waals surface area contributed by atoms with Gasteiger partial charge in [0.2, 0.25) is 0 Å². The zero-order valence-corrected chi connectivity index (χ0v) is 16.5. The molecular formula is C23H24N6. The van der Waals surface area contributed by atoms with Gasteiger partial charge in [0.1, 0.15) is 5.82 Å². The summed E-state index contributed by atoms with van der Waals surface area (Å²) in [6.07, 6.45) is 3.28. The van der Waals surface area contributed by atoms with Crippen LogP contribution in [0.3, 0.4) is 0 Å². The lowest BCUT2D eigenvalue weighted by molar-refractivity contribution is 0.253. The van der Waals surface area contributed by atoms with Crippen LogP contribution < -0.4 is 11.5 Å². The Morgan fingerprint density at radius 2 is 1.69 bits per heavy atom. The molecular weight excluding hydrogens is 360 g/mol. The Hall–Kier alpha value is -3.09. The maximum absolute atomic E-state index is 6.50. The van der Waals surface area contributed by atoms with Crippen molar-refractivity contribution in [1.29, 1.82) is 0 Å². The van der Waals surface area contributed by atoms with Gasteiger partial charge in [0, 0.05) is 23.2 Å². The van der Waals surface area contributed by atoms with E-state index < -0.39 is 0 Å². The van der Waals surface area contributed by atoms with Gasteiger partial charge in [-0.3, -0.25) is 0 Å². The minimum absolute atomic E-state index is 0.176. The Morgan fingerprint density at radius 1 is 0.966 bits per heavy atom. The summed E-state index contributed by atoms with van der Waals surface area (Å²) < 4.78 is 1.76.